The first-order valence-corrected chi connectivity index (χ1v) is 6.33. The Bertz CT molecular complexity index is 402. The number of rotatable bonds is 1. The van der Waals surface area contributed by atoms with Crippen LogP contribution in [0.4, 0.5) is 0 Å². The molecule has 1 aromatic rings. The van der Waals surface area contributed by atoms with E-state index in [9.17, 15) is 5.11 Å². The maximum absolute atomic E-state index is 10.5. The predicted octanol–water partition coefficient (Wildman–Crippen LogP) is 2.90. The molecule has 0 saturated carbocycles. The molecule has 0 saturated heterocycles. The van der Waals surface area contributed by atoms with Gasteiger partial charge in [-0.1, -0.05) is 41.5 Å². The highest BCUT2D eigenvalue weighted by Gasteiger charge is 2.26. The summed E-state index contributed by atoms with van der Waals surface area (Å²) in [6, 6.07) is 3.82. The summed E-state index contributed by atoms with van der Waals surface area (Å²) in [6.45, 7) is 12.4. The first-order valence-electron chi connectivity index (χ1n) is 6.33. The number of hydrogen-bond donors (Lipinski definition) is 3. The molecule has 3 nitrogen and oxygen atoms in total. The average molecular weight is 250 g/mol. The molecule has 5 N–H and O–H groups in total. The largest absolute Gasteiger partial charge is 0.507 e. The molecule has 0 fully saturated rings. The quantitative estimate of drug-likeness (QED) is 0.671. The zero-order valence-corrected chi connectivity index (χ0v) is 12.3. The second-order valence-electron chi connectivity index (χ2n) is 6.99. The molecule has 18 heavy (non-hydrogen) atoms. The number of aromatic hydroxyl groups is 1. The van der Waals surface area contributed by atoms with Crippen LogP contribution in [-0.4, -0.2) is 5.11 Å². The first kappa shape index (κ1) is 15.0. The molecule has 0 amide bonds. The Kier molecular flexibility index (Phi) is 3.80. The van der Waals surface area contributed by atoms with Crippen LogP contribution in [0.3, 0.4) is 0 Å². The molecular formula is C15H26N2O. The van der Waals surface area contributed by atoms with Crippen LogP contribution >= 0.6 is 0 Å². The number of nitrogens with two attached hydrogens (primary N) is 2. The van der Waals surface area contributed by atoms with Crippen LogP contribution in [0.25, 0.3) is 0 Å². The molecule has 0 heterocycles. The SMILES string of the molecule is CC(C)(C)c1cc(C(N)N)cc(C(C)(C)C)c1O. The van der Waals surface area contributed by atoms with E-state index < -0.39 is 6.17 Å². The molecule has 3 heteroatoms. The third-order valence-corrected chi connectivity index (χ3v) is 3.13. The van der Waals surface area contributed by atoms with Crippen molar-refractivity contribution in [2.75, 3.05) is 0 Å². The third-order valence-electron chi connectivity index (χ3n) is 3.13. The van der Waals surface area contributed by atoms with Gasteiger partial charge in [0.15, 0.2) is 0 Å². The van der Waals surface area contributed by atoms with E-state index in [4.69, 9.17) is 11.5 Å². The van der Waals surface area contributed by atoms with E-state index >= 15 is 0 Å². The molecule has 0 atom stereocenters. The molecule has 0 spiro atoms. The summed E-state index contributed by atoms with van der Waals surface area (Å²) >= 11 is 0. The highest BCUT2D eigenvalue weighted by atomic mass is 16.3. The van der Waals surface area contributed by atoms with Gasteiger partial charge in [-0.25, -0.2) is 0 Å². The smallest absolute Gasteiger partial charge is 0.123 e. The van der Waals surface area contributed by atoms with E-state index in [1.165, 1.54) is 0 Å². The van der Waals surface area contributed by atoms with Crippen molar-refractivity contribution in [3.63, 3.8) is 0 Å². The summed E-state index contributed by atoms with van der Waals surface area (Å²) in [4.78, 5) is 0. The number of phenolic OH excluding ortho intramolecular Hbond substituents is 1. The van der Waals surface area contributed by atoms with Gasteiger partial charge in [-0.2, -0.15) is 0 Å². The van der Waals surface area contributed by atoms with Crippen molar-refractivity contribution in [1.29, 1.82) is 0 Å². The lowest BCUT2D eigenvalue weighted by molar-refractivity contribution is 0.422. The molecule has 0 aliphatic rings. The van der Waals surface area contributed by atoms with Crippen LogP contribution in [0, 0.1) is 0 Å². The van der Waals surface area contributed by atoms with Crippen molar-refractivity contribution >= 4 is 0 Å². The Labute approximate surface area is 110 Å². The lowest BCUT2D eigenvalue weighted by Gasteiger charge is -2.28. The van der Waals surface area contributed by atoms with Crippen molar-refractivity contribution in [1.82, 2.24) is 0 Å². The summed E-state index contributed by atoms with van der Waals surface area (Å²) in [5.41, 5.74) is 13.9. The van der Waals surface area contributed by atoms with E-state index in [2.05, 4.69) is 41.5 Å². The van der Waals surface area contributed by atoms with Gasteiger partial charge in [0.25, 0.3) is 0 Å². The van der Waals surface area contributed by atoms with Gasteiger partial charge in [0.2, 0.25) is 0 Å². The van der Waals surface area contributed by atoms with Crippen LogP contribution in [-0.2, 0) is 10.8 Å². The summed E-state index contributed by atoms with van der Waals surface area (Å²) in [7, 11) is 0. The van der Waals surface area contributed by atoms with Gasteiger partial charge in [-0.05, 0) is 39.7 Å². The number of phenols is 1. The van der Waals surface area contributed by atoms with E-state index in [0.29, 0.717) is 5.75 Å². The van der Waals surface area contributed by atoms with Gasteiger partial charge < -0.3 is 16.6 Å². The normalized spacial score (nSPS) is 13.2. The minimum Gasteiger partial charge on any atom is -0.507 e. The Morgan fingerprint density at radius 2 is 1.22 bits per heavy atom. The van der Waals surface area contributed by atoms with Gasteiger partial charge in [-0.15, -0.1) is 0 Å². The fourth-order valence-electron chi connectivity index (χ4n) is 1.99. The van der Waals surface area contributed by atoms with E-state index in [-0.39, 0.29) is 10.8 Å². The van der Waals surface area contributed by atoms with Crippen LogP contribution < -0.4 is 11.5 Å². The van der Waals surface area contributed by atoms with Crippen molar-refractivity contribution in [2.24, 2.45) is 11.5 Å². The van der Waals surface area contributed by atoms with Crippen molar-refractivity contribution < 1.29 is 5.11 Å². The summed E-state index contributed by atoms with van der Waals surface area (Å²) < 4.78 is 0. The monoisotopic (exact) mass is 250 g/mol. The topological polar surface area (TPSA) is 72.3 Å². The zero-order chi connectivity index (χ0) is 14.3. The minimum atomic E-state index is -0.521. The number of hydrogen-bond acceptors (Lipinski definition) is 3. The van der Waals surface area contributed by atoms with Crippen LogP contribution in [0.5, 0.6) is 5.75 Å². The van der Waals surface area contributed by atoms with E-state index in [0.717, 1.165) is 16.7 Å². The molecule has 102 valence electrons. The standard InChI is InChI=1S/C15H26N2O/c1-14(2,3)10-7-9(13(16)17)8-11(12(10)18)15(4,5)6/h7-8,13,18H,16-17H2,1-6H3. The van der Waals surface area contributed by atoms with Crippen molar-refractivity contribution in [2.45, 2.75) is 58.5 Å². The summed E-state index contributed by atoms with van der Waals surface area (Å²) in [6.07, 6.45) is -0.521. The van der Waals surface area contributed by atoms with E-state index in [1.807, 2.05) is 12.1 Å². The zero-order valence-electron chi connectivity index (χ0n) is 12.3. The van der Waals surface area contributed by atoms with Crippen LogP contribution in [0.1, 0.15) is 64.4 Å². The fourth-order valence-corrected chi connectivity index (χ4v) is 1.99. The second kappa shape index (κ2) is 4.56. The van der Waals surface area contributed by atoms with Gasteiger partial charge in [-0.3, -0.25) is 0 Å². The average Bonchev–Trinajstić information content (AvgIpc) is 2.13. The first-order chi connectivity index (χ1) is 7.94. The lowest BCUT2D eigenvalue weighted by Crippen LogP contribution is -2.24. The molecular weight excluding hydrogens is 224 g/mol. The molecule has 0 aromatic heterocycles. The van der Waals surface area contributed by atoms with Crippen LogP contribution in [0.2, 0.25) is 0 Å². The highest BCUT2D eigenvalue weighted by Crippen LogP contribution is 2.40. The molecule has 1 rings (SSSR count). The third kappa shape index (κ3) is 3.03. The van der Waals surface area contributed by atoms with Gasteiger partial charge in [0.05, 0.1) is 6.17 Å². The maximum Gasteiger partial charge on any atom is 0.123 e. The highest BCUT2D eigenvalue weighted by molar-refractivity contribution is 5.50. The lowest BCUT2D eigenvalue weighted by atomic mass is 9.78. The molecule has 0 aliphatic heterocycles. The molecule has 0 radical (unpaired) electrons. The van der Waals surface area contributed by atoms with Crippen LogP contribution in [0.15, 0.2) is 12.1 Å². The van der Waals surface area contributed by atoms with Gasteiger partial charge in [0.1, 0.15) is 5.75 Å². The van der Waals surface area contributed by atoms with Gasteiger partial charge in [0, 0.05) is 0 Å². The second-order valence-corrected chi connectivity index (χ2v) is 6.99. The molecule has 0 aliphatic carbocycles. The predicted molar refractivity (Wildman–Crippen MR) is 76.6 cm³/mol. The Balaban J connectivity index is 3.59. The van der Waals surface area contributed by atoms with Gasteiger partial charge >= 0.3 is 0 Å². The molecule has 0 unspecified atom stereocenters. The Hall–Kier alpha value is -1.06. The number of benzene rings is 1. The maximum atomic E-state index is 10.5. The molecule has 1 aromatic carbocycles. The van der Waals surface area contributed by atoms with Crippen molar-refractivity contribution in [3.8, 4) is 5.75 Å². The van der Waals surface area contributed by atoms with E-state index in [1.54, 1.807) is 0 Å². The Morgan fingerprint density at radius 1 is 0.889 bits per heavy atom. The fraction of sp³-hybridized carbons (Fsp3) is 0.600. The Morgan fingerprint density at radius 3 is 1.44 bits per heavy atom. The minimum absolute atomic E-state index is 0.144. The van der Waals surface area contributed by atoms with Crippen molar-refractivity contribution in [3.05, 3.63) is 28.8 Å². The summed E-state index contributed by atoms with van der Waals surface area (Å²) in [5, 5.41) is 10.5. The summed E-state index contributed by atoms with van der Waals surface area (Å²) in [5.74, 6) is 0.361. The molecule has 0 bridgehead atoms.